The lowest BCUT2D eigenvalue weighted by Gasteiger charge is -2.35. The van der Waals surface area contributed by atoms with Crippen molar-refractivity contribution in [1.82, 2.24) is 14.1 Å². The lowest BCUT2D eigenvalue weighted by molar-refractivity contribution is -0.128. The third-order valence-electron chi connectivity index (χ3n) is 6.62. The number of urea groups is 1. The minimum atomic E-state index is -3.58. The number of sulfonamides is 1. The summed E-state index contributed by atoms with van der Waals surface area (Å²) < 4.78 is 27.6. The van der Waals surface area contributed by atoms with Gasteiger partial charge in [-0.2, -0.15) is 4.31 Å². The first-order valence-corrected chi connectivity index (χ1v) is 13.1. The molecule has 182 valence electrons. The number of hydrogen-bond donors (Lipinski definition) is 0. The summed E-state index contributed by atoms with van der Waals surface area (Å²) in [4.78, 5) is 30.9. The number of benzene rings is 2. The molecule has 0 N–H and O–H groups in total. The number of carbonyl (C=O) groups is 2. The topological polar surface area (TPSA) is 81.2 Å². The minimum absolute atomic E-state index is 0.154. The number of aryl methyl sites for hydroxylation is 1. The van der Waals surface area contributed by atoms with Gasteiger partial charge in [-0.3, -0.25) is 14.6 Å². The lowest BCUT2D eigenvalue weighted by atomic mass is 10.0. The largest absolute Gasteiger partial charge is 0.333 e. The maximum atomic E-state index is 13.1. The molecule has 2 aromatic rings. The van der Waals surface area contributed by atoms with Crippen molar-refractivity contribution in [3.63, 3.8) is 0 Å². The third kappa shape index (κ3) is 4.60. The Bertz CT molecular complexity index is 1150. The second-order valence-electron chi connectivity index (χ2n) is 9.32. The van der Waals surface area contributed by atoms with Crippen LogP contribution in [0.4, 0.5) is 10.5 Å². The summed E-state index contributed by atoms with van der Waals surface area (Å²) in [6.45, 7) is 9.49. The predicted octanol–water partition coefficient (Wildman–Crippen LogP) is 3.24. The normalized spacial score (nSPS) is 20.6. The fourth-order valence-electron chi connectivity index (χ4n) is 4.38. The van der Waals surface area contributed by atoms with Crippen LogP contribution in [-0.4, -0.2) is 73.4 Å². The van der Waals surface area contributed by atoms with Crippen LogP contribution in [-0.2, 0) is 14.8 Å². The summed E-state index contributed by atoms with van der Waals surface area (Å²) in [7, 11) is -3.58. The number of imide groups is 1. The van der Waals surface area contributed by atoms with E-state index in [2.05, 4.69) is 13.8 Å². The van der Waals surface area contributed by atoms with Crippen molar-refractivity contribution in [2.24, 2.45) is 0 Å². The smallest absolute Gasteiger partial charge is 0.283 e. The molecule has 0 spiro atoms. The van der Waals surface area contributed by atoms with Crippen LogP contribution in [0, 0.1) is 6.92 Å². The summed E-state index contributed by atoms with van der Waals surface area (Å²) in [5.74, 6) is 0.0897. The molecule has 0 unspecified atom stereocenters. The fraction of sp³-hybridized carbons (Fsp3) is 0.440. The molecule has 8 nitrogen and oxygen atoms in total. The Hall–Kier alpha value is -2.75. The van der Waals surface area contributed by atoms with Gasteiger partial charge in [0.2, 0.25) is 10.0 Å². The van der Waals surface area contributed by atoms with E-state index in [1.807, 2.05) is 48.2 Å². The van der Waals surface area contributed by atoms with Crippen molar-refractivity contribution < 1.29 is 18.0 Å². The van der Waals surface area contributed by atoms with E-state index in [1.165, 1.54) is 14.1 Å². The number of nitrogens with zero attached hydrogens (tertiary/aromatic N) is 4. The second kappa shape index (κ2) is 9.48. The zero-order valence-corrected chi connectivity index (χ0v) is 21.0. The van der Waals surface area contributed by atoms with Gasteiger partial charge >= 0.3 is 6.03 Å². The number of hydrogen-bond acceptors (Lipinski definition) is 5. The molecule has 4 rings (SSSR count). The van der Waals surface area contributed by atoms with Gasteiger partial charge in [-0.05, 0) is 49.6 Å². The van der Waals surface area contributed by atoms with Gasteiger partial charge in [0.1, 0.15) is 6.04 Å². The van der Waals surface area contributed by atoms with Crippen LogP contribution in [0.3, 0.4) is 0 Å². The maximum Gasteiger partial charge on any atom is 0.333 e. The number of carbonyl (C=O) groups excluding carboxylic acids is 2. The summed E-state index contributed by atoms with van der Waals surface area (Å²) in [5, 5.41) is 0. The molecule has 0 aliphatic carbocycles. The van der Waals surface area contributed by atoms with Crippen molar-refractivity contribution in [3.05, 3.63) is 59.7 Å². The van der Waals surface area contributed by atoms with Crippen molar-refractivity contribution >= 4 is 27.6 Å². The van der Waals surface area contributed by atoms with E-state index in [9.17, 15) is 18.0 Å². The van der Waals surface area contributed by atoms with Crippen molar-refractivity contribution in [2.45, 2.75) is 44.6 Å². The highest BCUT2D eigenvalue weighted by Gasteiger charge is 2.44. The molecule has 2 saturated heterocycles. The van der Waals surface area contributed by atoms with Crippen LogP contribution in [0.25, 0.3) is 0 Å². The highest BCUT2D eigenvalue weighted by Crippen LogP contribution is 2.27. The molecule has 2 aliphatic heterocycles. The molecule has 2 aliphatic rings. The van der Waals surface area contributed by atoms with Gasteiger partial charge in [0.05, 0.1) is 11.6 Å². The van der Waals surface area contributed by atoms with E-state index in [0.29, 0.717) is 37.8 Å². The standard InChI is InChI=1S/C25H32N4O4S/c1-18(2)21-7-11-23(12-8-21)34(32,33)27-15-13-26(14-16-27)17-28-24(30)20(4)29(25(28)31)22-9-5-19(3)6-10-22/h5-12,18,20H,13-17H2,1-4H3/t20-/m1/s1. The van der Waals surface area contributed by atoms with E-state index in [4.69, 9.17) is 0 Å². The maximum absolute atomic E-state index is 13.1. The van der Waals surface area contributed by atoms with Gasteiger partial charge in [-0.1, -0.05) is 43.7 Å². The Balaban J connectivity index is 1.39. The Labute approximate surface area is 201 Å². The van der Waals surface area contributed by atoms with E-state index >= 15 is 0 Å². The summed E-state index contributed by atoms with van der Waals surface area (Å²) in [6.07, 6.45) is 0. The Morgan fingerprint density at radius 2 is 1.50 bits per heavy atom. The Kier molecular flexibility index (Phi) is 6.80. The minimum Gasteiger partial charge on any atom is -0.283 e. The fourth-order valence-corrected chi connectivity index (χ4v) is 5.80. The summed E-state index contributed by atoms with van der Waals surface area (Å²) in [5.41, 5.74) is 2.87. The molecule has 9 heteroatoms. The van der Waals surface area contributed by atoms with Crippen LogP contribution in [0.2, 0.25) is 0 Å². The predicted molar refractivity (Wildman–Crippen MR) is 131 cm³/mol. The highest BCUT2D eigenvalue weighted by atomic mass is 32.2. The molecule has 3 amide bonds. The van der Waals surface area contributed by atoms with Crippen molar-refractivity contribution in [1.29, 1.82) is 0 Å². The molecule has 0 radical (unpaired) electrons. The lowest BCUT2D eigenvalue weighted by Crippen LogP contribution is -2.52. The van der Waals surface area contributed by atoms with E-state index in [1.54, 1.807) is 19.1 Å². The van der Waals surface area contributed by atoms with Gasteiger partial charge in [0.15, 0.2) is 0 Å². The second-order valence-corrected chi connectivity index (χ2v) is 11.3. The Morgan fingerprint density at radius 3 is 2.06 bits per heavy atom. The van der Waals surface area contributed by atoms with E-state index < -0.39 is 16.1 Å². The molecule has 0 saturated carbocycles. The van der Waals surface area contributed by atoms with Gasteiger partial charge in [-0.15, -0.1) is 0 Å². The van der Waals surface area contributed by atoms with Crippen molar-refractivity contribution in [3.8, 4) is 0 Å². The quantitative estimate of drug-likeness (QED) is 0.588. The average Bonchev–Trinajstić information content (AvgIpc) is 3.03. The van der Waals surface area contributed by atoms with Crippen molar-refractivity contribution in [2.75, 3.05) is 37.7 Å². The molecule has 2 aromatic carbocycles. The number of amides is 3. The van der Waals surface area contributed by atoms with Gasteiger partial charge < -0.3 is 0 Å². The van der Waals surface area contributed by atoms with Crippen LogP contribution in [0.5, 0.6) is 0 Å². The van der Waals surface area contributed by atoms with E-state index in [-0.39, 0.29) is 23.5 Å². The Morgan fingerprint density at radius 1 is 0.912 bits per heavy atom. The molecule has 1 atom stereocenters. The first-order valence-electron chi connectivity index (χ1n) is 11.6. The van der Waals surface area contributed by atoms with Crippen LogP contribution < -0.4 is 4.90 Å². The number of rotatable bonds is 6. The molecule has 0 aromatic heterocycles. The van der Waals surface area contributed by atoms with Crippen LogP contribution in [0.15, 0.2) is 53.4 Å². The van der Waals surface area contributed by atoms with E-state index in [0.717, 1.165) is 11.1 Å². The molecule has 2 heterocycles. The monoisotopic (exact) mass is 484 g/mol. The van der Waals surface area contributed by atoms with Crippen LogP contribution in [0.1, 0.15) is 37.8 Å². The van der Waals surface area contributed by atoms with Gasteiger partial charge in [0, 0.05) is 31.9 Å². The SMILES string of the molecule is Cc1ccc(N2C(=O)N(CN3CCN(S(=O)(=O)c4ccc(C(C)C)cc4)CC3)C(=O)[C@H]2C)cc1. The number of anilines is 1. The first kappa shape index (κ1) is 24.4. The highest BCUT2D eigenvalue weighted by molar-refractivity contribution is 7.89. The van der Waals surface area contributed by atoms with Gasteiger partial charge in [-0.25, -0.2) is 18.1 Å². The van der Waals surface area contributed by atoms with Gasteiger partial charge in [0.25, 0.3) is 5.91 Å². The zero-order valence-electron chi connectivity index (χ0n) is 20.1. The van der Waals surface area contributed by atoms with Crippen LogP contribution >= 0.6 is 0 Å². The molecule has 2 fully saturated rings. The molecular weight excluding hydrogens is 452 g/mol. The first-order chi connectivity index (χ1) is 16.1. The average molecular weight is 485 g/mol. The number of piperazine rings is 1. The third-order valence-corrected chi connectivity index (χ3v) is 8.53. The molecule has 0 bridgehead atoms. The zero-order chi connectivity index (χ0) is 24.6. The molecular formula is C25H32N4O4S. The summed E-state index contributed by atoms with van der Waals surface area (Å²) in [6, 6.07) is 13.7. The summed E-state index contributed by atoms with van der Waals surface area (Å²) >= 11 is 0. The molecule has 34 heavy (non-hydrogen) atoms.